The van der Waals surface area contributed by atoms with E-state index >= 15 is 0 Å². The van der Waals surface area contributed by atoms with Crippen LogP contribution in [0, 0.1) is 5.92 Å². The highest BCUT2D eigenvalue weighted by Crippen LogP contribution is 2.24. The number of aliphatic carboxylic acids is 1. The van der Waals surface area contributed by atoms with Gasteiger partial charge in [0, 0.05) is 27.2 Å². The lowest BCUT2D eigenvalue weighted by Crippen LogP contribution is -2.40. The quantitative estimate of drug-likeness (QED) is 0.871. The van der Waals surface area contributed by atoms with E-state index in [2.05, 4.69) is 0 Å². The SMILES string of the molecule is CN(C)C(=O)COc1ccccc1C(=O)N1CCC(C(=O)O)CC1. The minimum Gasteiger partial charge on any atom is -0.483 e. The van der Waals surface area contributed by atoms with Crippen LogP contribution < -0.4 is 4.74 Å². The number of benzene rings is 1. The maximum atomic E-state index is 12.7. The summed E-state index contributed by atoms with van der Waals surface area (Å²) in [6.07, 6.45) is 0.895. The summed E-state index contributed by atoms with van der Waals surface area (Å²) in [6.45, 7) is 0.667. The smallest absolute Gasteiger partial charge is 0.306 e. The Bertz CT molecular complexity index is 621. The van der Waals surface area contributed by atoms with E-state index in [0.29, 0.717) is 37.2 Å². The number of hydrogen-bond donors (Lipinski definition) is 1. The van der Waals surface area contributed by atoms with E-state index in [0.717, 1.165) is 0 Å². The number of carbonyl (C=O) groups is 3. The maximum Gasteiger partial charge on any atom is 0.306 e. The Hall–Kier alpha value is -2.57. The molecule has 2 amide bonds. The number of likely N-dealkylation sites (N-methyl/N-ethyl adjacent to an activating group) is 1. The molecule has 1 heterocycles. The number of para-hydroxylation sites is 1. The first-order valence-corrected chi connectivity index (χ1v) is 7.84. The predicted octanol–water partition coefficient (Wildman–Crippen LogP) is 1.09. The van der Waals surface area contributed by atoms with Crippen molar-refractivity contribution in [2.45, 2.75) is 12.8 Å². The lowest BCUT2D eigenvalue weighted by Gasteiger charge is -2.30. The third-order valence-corrected chi connectivity index (χ3v) is 4.10. The average Bonchev–Trinajstić information content (AvgIpc) is 2.59. The van der Waals surface area contributed by atoms with Crippen molar-refractivity contribution in [3.63, 3.8) is 0 Å². The highest BCUT2D eigenvalue weighted by molar-refractivity contribution is 5.97. The second-order valence-electron chi connectivity index (χ2n) is 5.98. The van der Waals surface area contributed by atoms with Crippen LogP contribution >= 0.6 is 0 Å². The largest absolute Gasteiger partial charge is 0.483 e. The van der Waals surface area contributed by atoms with Gasteiger partial charge in [0.1, 0.15) is 5.75 Å². The van der Waals surface area contributed by atoms with Crippen LogP contribution in [0.4, 0.5) is 0 Å². The van der Waals surface area contributed by atoms with E-state index < -0.39 is 11.9 Å². The Balaban J connectivity index is 2.05. The van der Waals surface area contributed by atoms with E-state index in [4.69, 9.17) is 9.84 Å². The topological polar surface area (TPSA) is 87.2 Å². The van der Waals surface area contributed by atoms with Gasteiger partial charge in [0.2, 0.25) is 0 Å². The fourth-order valence-electron chi connectivity index (χ4n) is 2.54. The molecular formula is C17H22N2O5. The van der Waals surface area contributed by atoms with Gasteiger partial charge in [-0.1, -0.05) is 12.1 Å². The standard InChI is InChI=1S/C17H22N2O5/c1-18(2)15(20)11-24-14-6-4-3-5-13(14)16(21)19-9-7-12(8-10-19)17(22)23/h3-6,12H,7-11H2,1-2H3,(H,22,23). The van der Waals surface area contributed by atoms with Crippen molar-refractivity contribution in [1.29, 1.82) is 0 Å². The number of carboxylic acids is 1. The molecule has 1 fully saturated rings. The second-order valence-corrected chi connectivity index (χ2v) is 5.98. The summed E-state index contributed by atoms with van der Waals surface area (Å²) in [5.74, 6) is -1.24. The fourth-order valence-corrected chi connectivity index (χ4v) is 2.54. The Kier molecular flexibility index (Phi) is 5.78. The first-order valence-electron chi connectivity index (χ1n) is 7.84. The number of hydrogen-bond acceptors (Lipinski definition) is 4. The minimum absolute atomic E-state index is 0.140. The van der Waals surface area contributed by atoms with Crippen LogP contribution in [0.25, 0.3) is 0 Å². The average molecular weight is 334 g/mol. The number of rotatable bonds is 5. The Labute approximate surface area is 140 Å². The third-order valence-electron chi connectivity index (χ3n) is 4.10. The van der Waals surface area contributed by atoms with Gasteiger partial charge in [0.25, 0.3) is 11.8 Å². The summed E-state index contributed by atoms with van der Waals surface area (Å²) in [5, 5.41) is 9.03. The Morgan fingerprint density at radius 2 is 1.83 bits per heavy atom. The van der Waals surface area contributed by atoms with Gasteiger partial charge in [-0.2, -0.15) is 0 Å². The molecule has 1 aliphatic rings. The van der Waals surface area contributed by atoms with Crippen molar-refractivity contribution in [2.24, 2.45) is 5.92 Å². The second kappa shape index (κ2) is 7.81. The van der Waals surface area contributed by atoms with Gasteiger partial charge in [0.15, 0.2) is 6.61 Å². The number of likely N-dealkylation sites (tertiary alicyclic amines) is 1. The van der Waals surface area contributed by atoms with Gasteiger partial charge in [0.05, 0.1) is 11.5 Å². The van der Waals surface area contributed by atoms with Gasteiger partial charge >= 0.3 is 5.97 Å². The lowest BCUT2D eigenvalue weighted by atomic mass is 9.96. The zero-order valence-corrected chi connectivity index (χ0v) is 13.9. The molecule has 0 spiro atoms. The fraction of sp³-hybridized carbons (Fsp3) is 0.471. The molecule has 2 rings (SSSR count). The zero-order chi connectivity index (χ0) is 17.7. The van der Waals surface area contributed by atoms with Crippen LogP contribution in [-0.4, -0.2) is 66.5 Å². The monoisotopic (exact) mass is 334 g/mol. The minimum atomic E-state index is -0.812. The molecule has 0 aliphatic carbocycles. The number of carboxylic acid groups (broad SMARTS) is 1. The molecule has 1 aliphatic heterocycles. The van der Waals surface area contributed by atoms with Crippen LogP contribution in [-0.2, 0) is 9.59 Å². The van der Waals surface area contributed by atoms with E-state index in [9.17, 15) is 14.4 Å². The summed E-state index contributed by atoms with van der Waals surface area (Å²) >= 11 is 0. The number of nitrogens with zero attached hydrogens (tertiary/aromatic N) is 2. The van der Waals surface area contributed by atoms with Gasteiger partial charge in [-0.3, -0.25) is 14.4 Å². The van der Waals surface area contributed by atoms with Gasteiger partial charge < -0.3 is 19.6 Å². The molecule has 0 radical (unpaired) electrons. The molecule has 130 valence electrons. The lowest BCUT2D eigenvalue weighted by molar-refractivity contribution is -0.143. The van der Waals surface area contributed by atoms with Crippen LogP contribution in [0.5, 0.6) is 5.75 Å². The van der Waals surface area contributed by atoms with Crippen LogP contribution in [0.2, 0.25) is 0 Å². The van der Waals surface area contributed by atoms with Crippen molar-refractivity contribution in [1.82, 2.24) is 9.80 Å². The normalized spacial score (nSPS) is 15.0. The predicted molar refractivity (Wildman–Crippen MR) is 86.9 cm³/mol. The van der Waals surface area contributed by atoms with Crippen molar-refractivity contribution < 1.29 is 24.2 Å². The summed E-state index contributed by atoms with van der Waals surface area (Å²) in [6, 6.07) is 6.78. The highest BCUT2D eigenvalue weighted by Gasteiger charge is 2.28. The third kappa shape index (κ3) is 4.24. The first kappa shape index (κ1) is 17.8. The van der Waals surface area contributed by atoms with Crippen LogP contribution in [0.1, 0.15) is 23.2 Å². The Morgan fingerprint density at radius 3 is 2.42 bits per heavy atom. The molecule has 1 aromatic carbocycles. The molecule has 1 aromatic rings. The van der Waals surface area contributed by atoms with Crippen molar-refractivity contribution in [2.75, 3.05) is 33.8 Å². The maximum absolute atomic E-state index is 12.7. The first-order chi connectivity index (χ1) is 11.4. The molecular weight excluding hydrogens is 312 g/mol. The van der Waals surface area contributed by atoms with Crippen molar-refractivity contribution >= 4 is 17.8 Å². The summed E-state index contributed by atoms with van der Waals surface area (Å²) < 4.78 is 5.50. The molecule has 1 N–H and O–H groups in total. The van der Waals surface area contributed by atoms with E-state index in [1.54, 1.807) is 43.3 Å². The number of amides is 2. The molecule has 7 heteroatoms. The summed E-state index contributed by atoms with van der Waals surface area (Å²) in [7, 11) is 3.27. The van der Waals surface area contributed by atoms with E-state index in [1.807, 2.05) is 0 Å². The molecule has 0 unspecified atom stereocenters. The highest BCUT2D eigenvalue weighted by atomic mass is 16.5. The van der Waals surface area contributed by atoms with E-state index in [1.165, 1.54) is 4.90 Å². The Morgan fingerprint density at radius 1 is 1.21 bits per heavy atom. The molecule has 0 bridgehead atoms. The molecule has 0 aromatic heterocycles. The summed E-state index contributed by atoms with van der Waals surface area (Å²) in [5.41, 5.74) is 0.387. The molecule has 1 saturated heterocycles. The molecule has 0 saturated carbocycles. The van der Waals surface area contributed by atoms with Gasteiger partial charge in [-0.05, 0) is 25.0 Å². The van der Waals surface area contributed by atoms with Gasteiger partial charge in [-0.15, -0.1) is 0 Å². The molecule has 0 atom stereocenters. The number of piperidine rings is 1. The summed E-state index contributed by atoms with van der Waals surface area (Å²) in [4.78, 5) is 38.4. The van der Waals surface area contributed by atoms with E-state index in [-0.39, 0.29) is 18.4 Å². The molecule has 7 nitrogen and oxygen atoms in total. The molecule has 24 heavy (non-hydrogen) atoms. The van der Waals surface area contributed by atoms with Gasteiger partial charge in [-0.25, -0.2) is 0 Å². The number of carbonyl (C=O) groups excluding carboxylic acids is 2. The zero-order valence-electron chi connectivity index (χ0n) is 13.9. The van der Waals surface area contributed by atoms with Crippen molar-refractivity contribution in [3.05, 3.63) is 29.8 Å². The van der Waals surface area contributed by atoms with Crippen LogP contribution in [0.15, 0.2) is 24.3 Å². The number of ether oxygens (including phenoxy) is 1. The van der Waals surface area contributed by atoms with Crippen molar-refractivity contribution in [3.8, 4) is 5.75 Å². The van der Waals surface area contributed by atoms with Crippen LogP contribution in [0.3, 0.4) is 0 Å².